The fourth-order valence-corrected chi connectivity index (χ4v) is 2.82. The van der Waals surface area contributed by atoms with Gasteiger partial charge in [0.25, 0.3) is 0 Å². The van der Waals surface area contributed by atoms with Crippen molar-refractivity contribution in [2.24, 2.45) is 11.1 Å². The zero-order valence-corrected chi connectivity index (χ0v) is 12.4. The van der Waals surface area contributed by atoms with Crippen LogP contribution in [0.2, 0.25) is 0 Å². The minimum atomic E-state index is -0.586. The van der Waals surface area contributed by atoms with Crippen molar-refractivity contribution in [3.63, 3.8) is 0 Å². The summed E-state index contributed by atoms with van der Waals surface area (Å²) in [5.74, 6) is -0.529. The second-order valence-electron chi connectivity index (χ2n) is 5.62. The molecule has 1 unspecified atom stereocenters. The predicted molar refractivity (Wildman–Crippen MR) is 79.1 cm³/mol. The molecule has 116 valence electrons. The largest absolute Gasteiger partial charge is 0.381 e. The van der Waals surface area contributed by atoms with Crippen LogP contribution >= 0.6 is 0 Å². The number of ether oxygens (including phenoxy) is 1. The van der Waals surface area contributed by atoms with Crippen LogP contribution in [0, 0.1) is 11.2 Å². The average molecular weight is 294 g/mol. The Labute approximate surface area is 124 Å². The number of hydrogen-bond donors (Lipinski definition) is 2. The molecule has 4 nitrogen and oxygen atoms in total. The number of carbonyl (C=O) groups excluding carboxylic acids is 1. The lowest BCUT2D eigenvalue weighted by Gasteiger charge is -2.35. The lowest BCUT2D eigenvalue weighted by molar-refractivity contribution is -0.133. The molecule has 1 aliphatic heterocycles. The third kappa shape index (κ3) is 3.60. The van der Waals surface area contributed by atoms with Gasteiger partial charge in [0, 0.05) is 31.4 Å². The summed E-state index contributed by atoms with van der Waals surface area (Å²) >= 11 is 0. The molecule has 0 saturated carbocycles. The fourth-order valence-electron chi connectivity index (χ4n) is 2.82. The van der Waals surface area contributed by atoms with E-state index in [4.69, 9.17) is 10.5 Å². The first kappa shape index (κ1) is 15.9. The van der Waals surface area contributed by atoms with Crippen molar-refractivity contribution in [2.45, 2.75) is 32.2 Å². The van der Waals surface area contributed by atoms with Crippen LogP contribution in [0.25, 0.3) is 0 Å². The Morgan fingerprint density at radius 1 is 1.43 bits per heavy atom. The van der Waals surface area contributed by atoms with Crippen molar-refractivity contribution in [3.8, 4) is 0 Å². The smallest absolute Gasteiger partial charge is 0.225 e. The van der Waals surface area contributed by atoms with E-state index < -0.39 is 5.41 Å². The quantitative estimate of drug-likeness (QED) is 0.845. The maximum absolute atomic E-state index is 13.9. The van der Waals surface area contributed by atoms with Crippen LogP contribution in [0.15, 0.2) is 24.3 Å². The van der Waals surface area contributed by atoms with Crippen molar-refractivity contribution in [1.82, 2.24) is 5.32 Å². The maximum atomic E-state index is 13.9. The lowest BCUT2D eigenvalue weighted by atomic mass is 9.79. The number of hydrogen-bond acceptors (Lipinski definition) is 3. The molecule has 1 heterocycles. The van der Waals surface area contributed by atoms with E-state index in [1.807, 2.05) is 13.0 Å². The Bertz CT molecular complexity index is 487. The minimum Gasteiger partial charge on any atom is -0.381 e. The minimum absolute atomic E-state index is 0.120. The van der Waals surface area contributed by atoms with Gasteiger partial charge in [0.05, 0.1) is 5.41 Å². The Balaban J connectivity index is 2.08. The van der Waals surface area contributed by atoms with E-state index in [9.17, 15) is 9.18 Å². The van der Waals surface area contributed by atoms with Gasteiger partial charge in [-0.05, 0) is 25.3 Å². The molecular formula is C16H23FN2O2. The van der Waals surface area contributed by atoms with Gasteiger partial charge in [0.2, 0.25) is 5.91 Å². The summed E-state index contributed by atoms with van der Waals surface area (Å²) < 4.78 is 19.2. The second-order valence-corrected chi connectivity index (χ2v) is 5.62. The number of rotatable bonds is 6. The monoisotopic (exact) mass is 294 g/mol. The molecule has 1 amide bonds. The van der Waals surface area contributed by atoms with Gasteiger partial charge in [0.1, 0.15) is 5.82 Å². The van der Waals surface area contributed by atoms with E-state index in [0.29, 0.717) is 38.2 Å². The molecule has 0 bridgehead atoms. The van der Waals surface area contributed by atoms with Crippen molar-refractivity contribution in [1.29, 1.82) is 0 Å². The summed E-state index contributed by atoms with van der Waals surface area (Å²) in [6.07, 6.45) is 1.97. The molecule has 1 fully saturated rings. The maximum Gasteiger partial charge on any atom is 0.225 e. The van der Waals surface area contributed by atoms with Gasteiger partial charge in [-0.2, -0.15) is 0 Å². The second kappa shape index (κ2) is 7.00. The summed E-state index contributed by atoms with van der Waals surface area (Å²) in [5.41, 5.74) is 5.63. The standard InChI is InChI=1S/C16H23FN2O2/c1-2-14(12-5-3-4-6-13(12)17)19-11-16(15(18)20)7-9-21-10-8-16/h3-6,14,19H,2,7-11H2,1H3,(H2,18,20). The van der Waals surface area contributed by atoms with Crippen LogP contribution in [0.4, 0.5) is 4.39 Å². The molecule has 2 rings (SSSR count). The molecule has 1 aromatic rings. The molecule has 1 aliphatic rings. The summed E-state index contributed by atoms with van der Waals surface area (Å²) in [5, 5.41) is 3.32. The topological polar surface area (TPSA) is 64.3 Å². The highest BCUT2D eigenvalue weighted by Gasteiger charge is 2.38. The van der Waals surface area contributed by atoms with Crippen LogP contribution in [-0.4, -0.2) is 25.7 Å². The van der Waals surface area contributed by atoms with Gasteiger partial charge in [-0.3, -0.25) is 4.79 Å². The summed E-state index contributed by atoms with van der Waals surface area (Å²) in [4.78, 5) is 11.8. The van der Waals surface area contributed by atoms with Crippen LogP contribution in [0.5, 0.6) is 0 Å². The first-order chi connectivity index (χ1) is 10.1. The number of nitrogens with one attached hydrogen (secondary N) is 1. The van der Waals surface area contributed by atoms with Gasteiger partial charge in [-0.15, -0.1) is 0 Å². The Morgan fingerprint density at radius 2 is 2.10 bits per heavy atom. The van der Waals surface area contributed by atoms with Crippen LogP contribution in [0.1, 0.15) is 37.8 Å². The number of primary amides is 1. The number of amides is 1. The molecule has 3 N–H and O–H groups in total. The molecule has 1 atom stereocenters. The SMILES string of the molecule is CCC(NCC1(C(N)=O)CCOCC1)c1ccccc1F. The van der Waals surface area contributed by atoms with Gasteiger partial charge in [-0.1, -0.05) is 25.1 Å². The van der Waals surface area contributed by atoms with E-state index in [2.05, 4.69) is 5.32 Å². The zero-order chi connectivity index (χ0) is 15.3. The van der Waals surface area contributed by atoms with Gasteiger partial charge < -0.3 is 15.8 Å². The van der Waals surface area contributed by atoms with E-state index in [-0.39, 0.29) is 17.8 Å². The summed E-state index contributed by atoms with van der Waals surface area (Å²) in [6.45, 7) is 3.53. The molecule has 0 radical (unpaired) electrons. The highest BCUT2D eigenvalue weighted by Crippen LogP contribution is 2.31. The molecule has 0 spiro atoms. The molecule has 0 aromatic heterocycles. The van der Waals surface area contributed by atoms with E-state index in [1.165, 1.54) is 6.07 Å². The fraction of sp³-hybridized carbons (Fsp3) is 0.562. The number of benzene rings is 1. The van der Waals surface area contributed by atoms with Gasteiger partial charge in [-0.25, -0.2) is 4.39 Å². The summed E-state index contributed by atoms with van der Waals surface area (Å²) in [7, 11) is 0. The van der Waals surface area contributed by atoms with E-state index in [0.717, 1.165) is 6.42 Å². The van der Waals surface area contributed by atoms with Gasteiger partial charge in [0.15, 0.2) is 0 Å². The Hall–Kier alpha value is -1.46. The van der Waals surface area contributed by atoms with Crippen molar-refractivity contribution < 1.29 is 13.9 Å². The highest BCUT2D eigenvalue weighted by molar-refractivity contribution is 5.81. The predicted octanol–water partition coefficient (Wildman–Crippen LogP) is 2.15. The van der Waals surface area contributed by atoms with E-state index >= 15 is 0 Å². The first-order valence-electron chi connectivity index (χ1n) is 7.44. The normalized spacial score (nSPS) is 19.1. The first-order valence-corrected chi connectivity index (χ1v) is 7.44. The molecule has 0 aliphatic carbocycles. The molecule has 1 saturated heterocycles. The highest BCUT2D eigenvalue weighted by atomic mass is 19.1. The number of carbonyl (C=O) groups is 1. The molecular weight excluding hydrogens is 271 g/mol. The van der Waals surface area contributed by atoms with Crippen LogP contribution in [0.3, 0.4) is 0 Å². The van der Waals surface area contributed by atoms with Crippen molar-refractivity contribution in [3.05, 3.63) is 35.6 Å². The third-order valence-electron chi connectivity index (χ3n) is 4.35. The number of halogens is 1. The molecule has 21 heavy (non-hydrogen) atoms. The van der Waals surface area contributed by atoms with Crippen molar-refractivity contribution in [2.75, 3.05) is 19.8 Å². The third-order valence-corrected chi connectivity index (χ3v) is 4.35. The molecule has 1 aromatic carbocycles. The van der Waals surface area contributed by atoms with Crippen LogP contribution < -0.4 is 11.1 Å². The lowest BCUT2D eigenvalue weighted by Crippen LogP contribution is -2.49. The summed E-state index contributed by atoms with van der Waals surface area (Å²) in [6, 6.07) is 6.61. The Morgan fingerprint density at radius 3 is 2.67 bits per heavy atom. The zero-order valence-electron chi connectivity index (χ0n) is 12.4. The van der Waals surface area contributed by atoms with Crippen LogP contribution in [-0.2, 0) is 9.53 Å². The van der Waals surface area contributed by atoms with Gasteiger partial charge >= 0.3 is 0 Å². The number of nitrogens with two attached hydrogens (primary N) is 1. The van der Waals surface area contributed by atoms with E-state index in [1.54, 1.807) is 12.1 Å². The molecule has 5 heteroatoms. The average Bonchev–Trinajstić information content (AvgIpc) is 2.50. The Kier molecular flexibility index (Phi) is 5.31. The van der Waals surface area contributed by atoms with Crippen molar-refractivity contribution >= 4 is 5.91 Å².